The highest BCUT2D eigenvalue weighted by atomic mass is 16.1. The van der Waals surface area contributed by atoms with Crippen LogP contribution >= 0.6 is 0 Å². The predicted octanol–water partition coefficient (Wildman–Crippen LogP) is 2.71. The second-order valence-corrected chi connectivity index (χ2v) is 4.78. The normalized spacial score (nSPS) is 13.3. The molecule has 0 saturated carbocycles. The third kappa shape index (κ3) is 2.14. The van der Waals surface area contributed by atoms with Crippen LogP contribution in [0.15, 0.2) is 30.3 Å². The van der Waals surface area contributed by atoms with Gasteiger partial charge in [0.2, 0.25) is 5.91 Å². The van der Waals surface area contributed by atoms with Gasteiger partial charge in [0.1, 0.15) is 5.82 Å². The van der Waals surface area contributed by atoms with E-state index in [1.807, 2.05) is 41.9 Å². The summed E-state index contributed by atoms with van der Waals surface area (Å²) in [5.41, 5.74) is 3.31. The molecule has 1 aliphatic carbocycles. The van der Waals surface area contributed by atoms with Gasteiger partial charge < -0.3 is 5.32 Å². The molecule has 1 N–H and O–H groups in total. The fourth-order valence-corrected chi connectivity index (χ4v) is 2.50. The monoisotopic (exact) mass is 255 g/mol. The van der Waals surface area contributed by atoms with Crippen LogP contribution in [0.3, 0.4) is 0 Å². The molecule has 2 aromatic rings. The molecular weight excluding hydrogens is 238 g/mol. The number of rotatable bonds is 3. The molecule has 0 unspecified atom stereocenters. The number of amides is 1. The number of carbonyl (C=O) groups excluding carboxylic acids is 1. The van der Waals surface area contributed by atoms with Crippen LogP contribution in [-0.4, -0.2) is 15.7 Å². The van der Waals surface area contributed by atoms with E-state index < -0.39 is 0 Å². The minimum absolute atomic E-state index is 0.0341. The van der Waals surface area contributed by atoms with Crippen molar-refractivity contribution < 1.29 is 4.79 Å². The van der Waals surface area contributed by atoms with Crippen molar-refractivity contribution in [1.29, 1.82) is 0 Å². The number of hydrogen-bond donors (Lipinski definition) is 1. The van der Waals surface area contributed by atoms with Crippen LogP contribution in [-0.2, 0) is 17.6 Å². The minimum Gasteiger partial charge on any atom is -0.310 e. The van der Waals surface area contributed by atoms with Crippen LogP contribution in [0.5, 0.6) is 0 Å². The first-order valence-corrected chi connectivity index (χ1v) is 6.75. The number of fused-ring (bicyclic) bond motifs is 1. The Balaban J connectivity index is 2.07. The summed E-state index contributed by atoms with van der Waals surface area (Å²) in [6, 6.07) is 9.94. The predicted molar refractivity (Wildman–Crippen MR) is 74.5 cm³/mol. The van der Waals surface area contributed by atoms with E-state index in [0.29, 0.717) is 6.42 Å². The van der Waals surface area contributed by atoms with Gasteiger partial charge in [-0.15, -0.1) is 0 Å². The summed E-state index contributed by atoms with van der Waals surface area (Å²) >= 11 is 0. The number of nitrogens with one attached hydrogen (secondary N) is 1. The molecule has 0 bridgehead atoms. The third-order valence-corrected chi connectivity index (χ3v) is 3.49. The first-order chi connectivity index (χ1) is 9.29. The van der Waals surface area contributed by atoms with Crippen molar-refractivity contribution in [3.05, 3.63) is 41.6 Å². The Morgan fingerprint density at radius 2 is 2.11 bits per heavy atom. The molecule has 0 fully saturated rings. The maximum absolute atomic E-state index is 11.7. The van der Waals surface area contributed by atoms with E-state index in [-0.39, 0.29) is 5.91 Å². The third-order valence-electron chi connectivity index (χ3n) is 3.49. The fraction of sp³-hybridized carbons (Fsp3) is 0.333. The van der Waals surface area contributed by atoms with Crippen LogP contribution in [0, 0.1) is 0 Å². The Morgan fingerprint density at radius 3 is 2.84 bits per heavy atom. The van der Waals surface area contributed by atoms with Crippen LogP contribution in [0.25, 0.3) is 5.69 Å². The van der Waals surface area contributed by atoms with Gasteiger partial charge in [0.15, 0.2) is 0 Å². The lowest BCUT2D eigenvalue weighted by molar-refractivity contribution is -0.115. The SMILES string of the molecule is CCC(=O)Nc1c2c(nn1-c1ccccc1)CCC2. The molecule has 4 heteroatoms. The van der Waals surface area contributed by atoms with E-state index >= 15 is 0 Å². The molecule has 1 aromatic heterocycles. The number of nitrogens with zero attached hydrogens (tertiary/aromatic N) is 2. The second-order valence-electron chi connectivity index (χ2n) is 4.78. The summed E-state index contributed by atoms with van der Waals surface area (Å²) < 4.78 is 1.86. The largest absolute Gasteiger partial charge is 0.310 e. The van der Waals surface area contributed by atoms with Gasteiger partial charge in [-0.3, -0.25) is 4.79 Å². The number of hydrogen-bond acceptors (Lipinski definition) is 2. The molecule has 19 heavy (non-hydrogen) atoms. The van der Waals surface area contributed by atoms with Crippen molar-refractivity contribution in [1.82, 2.24) is 9.78 Å². The van der Waals surface area contributed by atoms with Crippen molar-refractivity contribution in [3.63, 3.8) is 0 Å². The maximum Gasteiger partial charge on any atom is 0.225 e. The van der Waals surface area contributed by atoms with Gasteiger partial charge in [-0.05, 0) is 31.4 Å². The second kappa shape index (κ2) is 4.88. The molecule has 1 aliphatic rings. The van der Waals surface area contributed by atoms with E-state index in [9.17, 15) is 4.79 Å². The van der Waals surface area contributed by atoms with E-state index in [4.69, 9.17) is 0 Å². The summed E-state index contributed by atoms with van der Waals surface area (Å²) in [4.78, 5) is 11.7. The van der Waals surface area contributed by atoms with Gasteiger partial charge in [0, 0.05) is 12.0 Å². The summed E-state index contributed by atoms with van der Waals surface area (Å²) in [6.45, 7) is 1.86. The van der Waals surface area contributed by atoms with E-state index in [1.54, 1.807) is 0 Å². The highest BCUT2D eigenvalue weighted by molar-refractivity contribution is 5.91. The van der Waals surface area contributed by atoms with Gasteiger partial charge in [0.05, 0.1) is 11.4 Å². The molecule has 1 aromatic carbocycles. The minimum atomic E-state index is 0.0341. The lowest BCUT2D eigenvalue weighted by Gasteiger charge is -2.10. The number of benzene rings is 1. The zero-order valence-corrected chi connectivity index (χ0v) is 11.0. The van der Waals surface area contributed by atoms with Crippen molar-refractivity contribution in [2.75, 3.05) is 5.32 Å². The molecule has 1 amide bonds. The van der Waals surface area contributed by atoms with Gasteiger partial charge in [0.25, 0.3) is 0 Å². The van der Waals surface area contributed by atoms with Gasteiger partial charge in [-0.25, -0.2) is 4.68 Å². The van der Waals surface area contributed by atoms with Crippen LogP contribution in [0.4, 0.5) is 5.82 Å². The maximum atomic E-state index is 11.7. The molecule has 1 heterocycles. The van der Waals surface area contributed by atoms with Gasteiger partial charge >= 0.3 is 0 Å². The summed E-state index contributed by atoms with van der Waals surface area (Å²) in [5.74, 6) is 0.886. The zero-order chi connectivity index (χ0) is 13.2. The molecule has 3 rings (SSSR count). The molecule has 0 saturated heterocycles. The topological polar surface area (TPSA) is 46.9 Å². The zero-order valence-electron chi connectivity index (χ0n) is 11.0. The number of aryl methyl sites for hydroxylation is 1. The molecule has 98 valence electrons. The van der Waals surface area contributed by atoms with Crippen LogP contribution in [0.1, 0.15) is 31.0 Å². The lowest BCUT2D eigenvalue weighted by Crippen LogP contribution is -2.14. The molecular formula is C15H17N3O. The molecule has 0 radical (unpaired) electrons. The Labute approximate surface area is 112 Å². The van der Waals surface area contributed by atoms with Gasteiger partial charge in [-0.2, -0.15) is 5.10 Å². The van der Waals surface area contributed by atoms with Crippen molar-refractivity contribution in [2.45, 2.75) is 32.6 Å². The van der Waals surface area contributed by atoms with E-state index in [2.05, 4.69) is 10.4 Å². The quantitative estimate of drug-likeness (QED) is 0.916. The lowest BCUT2D eigenvalue weighted by atomic mass is 10.2. The number of para-hydroxylation sites is 1. The van der Waals surface area contributed by atoms with Crippen LogP contribution in [0.2, 0.25) is 0 Å². The molecule has 0 aliphatic heterocycles. The van der Waals surface area contributed by atoms with E-state index in [0.717, 1.165) is 36.5 Å². The van der Waals surface area contributed by atoms with Crippen molar-refractivity contribution in [2.24, 2.45) is 0 Å². The standard InChI is InChI=1S/C15H17N3O/c1-2-14(19)16-15-12-9-6-10-13(12)17-18(15)11-7-4-3-5-8-11/h3-5,7-8H,2,6,9-10H2,1H3,(H,16,19). The number of anilines is 1. The summed E-state index contributed by atoms with van der Waals surface area (Å²) in [5, 5.41) is 7.65. The number of carbonyl (C=O) groups is 1. The first-order valence-electron chi connectivity index (χ1n) is 6.75. The summed E-state index contributed by atoms with van der Waals surface area (Å²) in [7, 11) is 0. The molecule has 0 spiro atoms. The highest BCUT2D eigenvalue weighted by Gasteiger charge is 2.23. The average Bonchev–Trinajstić information content (AvgIpc) is 3.02. The Bertz CT molecular complexity index is 601. The number of aromatic nitrogens is 2. The van der Waals surface area contributed by atoms with E-state index in [1.165, 1.54) is 5.56 Å². The Morgan fingerprint density at radius 1 is 1.32 bits per heavy atom. The fourth-order valence-electron chi connectivity index (χ4n) is 2.50. The highest BCUT2D eigenvalue weighted by Crippen LogP contribution is 2.30. The molecule has 4 nitrogen and oxygen atoms in total. The van der Waals surface area contributed by atoms with Crippen molar-refractivity contribution in [3.8, 4) is 5.69 Å². The smallest absolute Gasteiger partial charge is 0.225 e. The Hall–Kier alpha value is -2.10. The Kier molecular flexibility index (Phi) is 3.07. The van der Waals surface area contributed by atoms with Gasteiger partial charge in [-0.1, -0.05) is 25.1 Å². The van der Waals surface area contributed by atoms with Crippen molar-refractivity contribution >= 4 is 11.7 Å². The summed E-state index contributed by atoms with van der Waals surface area (Å²) in [6.07, 6.45) is 3.61. The first kappa shape index (κ1) is 12.0. The molecule has 0 atom stereocenters. The van der Waals surface area contributed by atoms with Crippen LogP contribution < -0.4 is 5.32 Å². The average molecular weight is 255 g/mol.